The lowest BCUT2D eigenvalue weighted by molar-refractivity contribution is -0.134. The van der Waals surface area contributed by atoms with E-state index in [2.05, 4.69) is 10.6 Å². The monoisotopic (exact) mass is 401 g/mol. The summed E-state index contributed by atoms with van der Waals surface area (Å²) in [7, 11) is 1.49. The van der Waals surface area contributed by atoms with Crippen LogP contribution in [0.15, 0.2) is 48.5 Å². The normalized spacial score (nSPS) is 18.8. The Kier molecular flexibility index (Phi) is 5.56. The second kappa shape index (κ2) is 7.90. The van der Waals surface area contributed by atoms with Gasteiger partial charge < -0.3 is 15.4 Å². The Bertz CT molecular complexity index is 919. The van der Waals surface area contributed by atoms with Gasteiger partial charge in [0.1, 0.15) is 17.8 Å². The molecule has 0 saturated carbocycles. The van der Waals surface area contributed by atoms with Crippen LogP contribution in [0, 0.1) is 0 Å². The van der Waals surface area contributed by atoms with E-state index < -0.39 is 29.9 Å². The van der Waals surface area contributed by atoms with Crippen LogP contribution in [0.1, 0.15) is 18.9 Å². The third-order valence-electron chi connectivity index (χ3n) is 4.71. The zero-order chi connectivity index (χ0) is 20.3. The number of nitrogens with one attached hydrogen (secondary N) is 2. The molecule has 0 aromatic heterocycles. The maximum atomic E-state index is 13.0. The Morgan fingerprint density at radius 2 is 1.93 bits per heavy atom. The first-order valence-electron chi connectivity index (χ1n) is 8.74. The van der Waals surface area contributed by atoms with E-state index in [-0.39, 0.29) is 0 Å². The molecule has 0 bridgehead atoms. The van der Waals surface area contributed by atoms with Crippen LogP contribution < -0.4 is 15.4 Å². The first kappa shape index (κ1) is 19.7. The molecule has 1 aliphatic heterocycles. The number of methoxy groups -OCH3 is 1. The number of benzene rings is 2. The number of carbonyl (C=O) groups is 3. The lowest BCUT2D eigenvalue weighted by Gasteiger charge is -2.25. The molecule has 0 aliphatic carbocycles. The standard InChI is InChI=1S/C20H20ClN3O4/c1-3-20(13-7-5-4-6-8-13)18(26)24(19(27)23-20)12-17(25)22-14-9-10-16(28-2)15(21)11-14/h4-11H,3,12H2,1-2H3,(H,22,25)(H,23,27). The number of hydrogen-bond acceptors (Lipinski definition) is 4. The minimum Gasteiger partial charge on any atom is -0.495 e. The van der Waals surface area contributed by atoms with Crippen LogP contribution in [0.25, 0.3) is 0 Å². The highest BCUT2D eigenvalue weighted by Gasteiger charge is 2.51. The van der Waals surface area contributed by atoms with Gasteiger partial charge >= 0.3 is 6.03 Å². The summed E-state index contributed by atoms with van der Waals surface area (Å²) in [5.74, 6) is -0.483. The molecule has 2 N–H and O–H groups in total. The molecule has 8 heteroatoms. The first-order valence-corrected chi connectivity index (χ1v) is 9.12. The van der Waals surface area contributed by atoms with Crippen LogP contribution in [-0.4, -0.2) is 36.4 Å². The Balaban J connectivity index is 1.75. The van der Waals surface area contributed by atoms with Gasteiger partial charge in [0.05, 0.1) is 12.1 Å². The summed E-state index contributed by atoms with van der Waals surface area (Å²) in [6, 6.07) is 13.2. The van der Waals surface area contributed by atoms with Crippen LogP contribution in [0.2, 0.25) is 5.02 Å². The van der Waals surface area contributed by atoms with E-state index in [9.17, 15) is 14.4 Å². The van der Waals surface area contributed by atoms with Gasteiger partial charge in [-0.1, -0.05) is 48.9 Å². The predicted molar refractivity (Wildman–Crippen MR) is 105 cm³/mol. The Morgan fingerprint density at radius 1 is 1.21 bits per heavy atom. The van der Waals surface area contributed by atoms with Crippen molar-refractivity contribution in [2.45, 2.75) is 18.9 Å². The third-order valence-corrected chi connectivity index (χ3v) is 5.01. The van der Waals surface area contributed by atoms with Crippen LogP contribution >= 0.6 is 11.6 Å². The van der Waals surface area contributed by atoms with Gasteiger partial charge in [0.25, 0.3) is 5.91 Å². The van der Waals surface area contributed by atoms with Crippen LogP contribution in [0.3, 0.4) is 0 Å². The number of hydrogen-bond donors (Lipinski definition) is 2. The van der Waals surface area contributed by atoms with Gasteiger partial charge in [-0.2, -0.15) is 0 Å². The van der Waals surface area contributed by atoms with Crippen LogP contribution in [-0.2, 0) is 15.1 Å². The summed E-state index contributed by atoms with van der Waals surface area (Å²) in [5, 5.41) is 5.72. The van der Waals surface area contributed by atoms with E-state index >= 15 is 0 Å². The molecular weight excluding hydrogens is 382 g/mol. The van der Waals surface area contributed by atoms with Crippen LogP contribution in [0.4, 0.5) is 10.5 Å². The first-order chi connectivity index (χ1) is 13.4. The molecule has 3 rings (SSSR count). The Hall–Kier alpha value is -3.06. The minimum absolute atomic E-state index is 0.337. The molecule has 1 unspecified atom stereocenters. The molecule has 4 amide bonds. The average molecular weight is 402 g/mol. The van der Waals surface area contributed by atoms with Gasteiger partial charge in [0.15, 0.2) is 0 Å². The fourth-order valence-electron chi connectivity index (χ4n) is 3.22. The maximum absolute atomic E-state index is 13.0. The number of carbonyl (C=O) groups excluding carboxylic acids is 3. The van der Waals surface area contributed by atoms with E-state index in [1.165, 1.54) is 13.2 Å². The molecule has 1 heterocycles. The summed E-state index contributed by atoms with van der Waals surface area (Å²) < 4.78 is 5.07. The Labute approximate surface area is 167 Å². The van der Waals surface area contributed by atoms with E-state index in [0.29, 0.717) is 28.4 Å². The van der Waals surface area contributed by atoms with Crippen molar-refractivity contribution in [3.63, 3.8) is 0 Å². The van der Waals surface area contributed by atoms with E-state index in [4.69, 9.17) is 16.3 Å². The quantitative estimate of drug-likeness (QED) is 0.728. The number of ether oxygens (including phenoxy) is 1. The molecule has 1 atom stereocenters. The van der Waals surface area contributed by atoms with Gasteiger partial charge in [-0.25, -0.2) is 4.79 Å². The van der Waals surface area contributed by atoms with E-state index in [0.717, 1.165) is 4.90 Å². The molecule has 1 aliphatic rings. The number of nitrogens with zero attached hydrogens (tertiary/aromatic N) is 1. The van der Waals surface area contributed by atoms with Gasteiger partial charge in [-0.15, -0.1) is 0 Å². The highest BCUT2D eigenvalue weighted by molar-refractivity contribution is 6.32. The highest BCUT2D eigenvalue weighted by atomic mass is 35.5. The Morgan fingerprint density at radius 3 is 2.54 bits per heavy atom. The molecule has 2 aromatic carbocycles. The molecule has 1 saturated heterocycles. The molecule has 1 fully saturated rings. The summed E-state index contributed by atoms with van der Waals surface area (Å²) >= 11 is 6.05. The van der Waals surface area contributed by atoms with E-state index in [1.54, 1.807) is 36.4 Å². The van der Waals surface area contributed by atoms with Crippen molar-refractivity contribution >= 4 is 35.1 Å². The highest BCUT2D eigenvalue weighted by Crippen LogP contribution is 2.32. The van der Waals surface area contributed by atoms with Crippen molar-refractivity contribution in [2.75, 3.05) is 19.0 Å². The minimum atomic E-state index is -1.16. The molecule has 2 aromatic rings. The lowest BCUT2D eigenvalue weighted by Crippen LogP contribution is -2.44. The van der Waals surface area contributed by atoms with Gasteiger partial charge in [0, 0.05) is 5.69 Å². The largest absolute Gasteiger partial charge is 0.495 e. The summed E-state index contributed by atoms with van der Waals surface area (Å²) in [4.78, 5) is 38.8. The van der Waals surface area contributed by atoms with Crippen molar-refractivity contribution in [3.8, 4) is 5.75 Å². The zero-order valence-corrected chi connectivity index (χ0v) is 16.2. The van der Waals surface area contributed by atoms with E-state index in [1.807, 2.05) is 13.0 Å². The zero-order valence-electron chi connectivity index (χ0n) is 15.5. The average Bonchev–Trinajstić information content (AvgIpc) is 2.94. The molecule has 0 spiro atoms. The summed E-state index contributed by atoms with van der Waals surface area (Å²) in [6.45, 7) is 1.41. The fraction of sp³-hybridized carbons (Fsp3) is 0.250. The van der Waals surface area contributed by atoms with Crippen molar-refractivity contribution in [1.29, 1.82) is 0 Å². The van der Waals surface area contributed by atoms with Crippen molar-refractivity contribution in [1.82, 2.24) is 10.2 Å². The number of halogens is 1. The molecule has 7 nitrogen and oxygen atoms in total. The molecular formula is C20H20ClN3O4. The fourth-order valence-corrected chi connectivity index (χ4v) is 3.48. The number of imide groups is 1. The van der Waals surface area contributed by atoms with Crippen molar-refractivity contribution < 1.29 is 19.1 Å². The van der Waals surface area contributed by atoms with Crippen LogP contribution in [0.5, 0.6) is 5.75 Å². The lowest BCUT2D eigenvalue weighted by atomic mass is 9.87. The number of rotatable bonds is 6. The number of urea groups is 1. The number of anilines is 1. The SMILES string of the molecule is CCC1(c2ccccc2)NC(=O)N(CC(=O)Nc2ccc(OC)c(Cl)c2)C1=O. The third kappa shape index (κ3) is 3.53. The summed E-state index contributed by atoms with van der Waals surface area (Å²) in [6.07, 6.45) is 0.369. The van der Waals surface area contributed by atoms with Crippen molar-refractivity contribution in [2.24, 2.45) is 0 Å². The number of amides is 4. The maximum Gasteiger partial charge on any atom is 0.325 e. The smallest absolute Gasteiger partial charge is 0.325 e. The molecule has 0 radical (unpaired) electrons. The second-order valence-corrected chi connectivity index (χ2v) is 6.75. The van der Waals surface area contributed by atoms with Gasteiger partial charge in [-0.3, -0.25) is 14.5 Å². The van der Waals surface area contributed by atoms with Crippen molar-refractivity contribution in [3.05, 3.63) is 59.1 Å². The molecule has 28 heavy (non-hydrogen) atoms. The van der Waals surface area contributed by atoms with Gasteiger partial charge in [-0.05, 0) is 30.2 Å². The summed E-state index contributed by atoms with van der Waals surface area (Å²) in [5.41, 5.74) is -0.0458. The van der Waals surface area contributed by atoms with Gasteiger partial charge in [0.2, 0.25) is 5.91 Å². The topological polar surface area (TPSA) is 87.7 Å². The predicted octanol–water partition coefficient (Wildman–Crippen LogP) is 3.14. The second-order valence-electron chi connectivity index (χ2n) is 6.34. The molecule has 146 valence electrons.